The quantitative estimate of drug-likeness (QED) is 0.685. The molecule has 0 aliphatic heterocycles. The fourth-order valence-electron chi connectivity index (χ4n) is 2.31. The van der Waals surface area contributed by atoms with Crippen LogP contribution in [0.25, 0.3) is 10.9 Å². The van der Waals surface area contributed by atoms with E-state index in [9.17, 15) is 14.3 Å². The lowest BCUT2D eigenvalue weighted by Gasteiger charge is -2.11. The van der Waals surface area contributed by atoms with Gasteiger partial charge in [0.2, 0.25) is 0 Å². The van der Waals surface area contributed by atoms with Gasteiger partial charge in [-0.15, -0.1) is 0 Å². The Balaban J connectivity index is 1.67. The van der Waals surface area contributed by atoms with Gasteiger partial charge in [-0.1, -0.05) is 23.7 Å². The van der Waals surface area contributed by atoms with Gasteiger partial charge in [0.15, 0.2) is 0 Å². The number of hydrogen-bond acceptors (Lipinski definition) is 2. The van der Waals surface area contributed by atoms with E-state index in [4.69, 9.17) is 11.6 Å². The summed E-state index contributed by atoms with van der Waals surface area (Å²) in [6, 6.07) is 12.6. The molecule has 0 aliphatic carbocycles. The molecule has 1 atom stereocenters. The molecule has 1 amide bonds. The maximum absolute atomic E-state index is 13.2. The first-order valence-electron chi connectivity index (χ1n) is 7.03. The van der Waals surface area contributed by atoms with Gasteiger partial charge in [-0.2, -0.15) is 0 Å². The minimum absolute atomic E-state index is 0.0597. The highest BCUT2D eigenvalue weighted by Crippen LogP contribution is 2.18. The number of amides is 1. The van der Waals surface area contributed by atoms with Crippen molar-refractivity contribution in [1.29, 1.82) is 0 Å². The van der Waals surface area contributed by atoms with Crippen LogP contribution in [0.2, 0.25) is 5.02 Å². The minimum Gasteiger partial charge on any atom is -0.387 e. The predicted molar refractivity (Wildman–Crippen MR) is 87.0 cm³/mol. The smallest absolute Gasteiger partial charge is 0.267 e. The molecule has 1 heterocycles. The second-order valence-corrected chi connectivity index (χ2v) is 5.63. The lowest BCUT2D eigenvalue weighted by atomic mass is 10.1. The molecule has 6 heteroatoms. The zero-order chi connectivity index (χ0) is 16.4. The number of aliphatic hydroxyl groups excluding tert-OH is 1. The van der Waals surface area contributed by atoms with E-state index < -0.39 is 6.10 Å². The molecule has 0 spiro atoms. The summed E-state index contributed by atoms with van der Waals surface area (Å²) in [5.74, 6) is -0.726. The van der Waals surface area contributed by atoms with Crippen molar-refractivity contribution in [2.75, 3.05) is 6.54 Å². The van der Waals surface area contributed by atoms with Crippen molar-refractivity contribution in [3.63, 3.8) is 0 Å². The van der Waals surface area contributed by atoms with Gasteiger partial charge in [-0.25, -0.2) is 4.39 Å². The Kier molecular flexibility index (Phi) is 4.32. The molecule has 23 heavy (non-hydrogen) atoms. The molecule has 3 N–H and O–H groups in total. The third-order valence-corrected chi connectivity index (χ3v) is 3.79. The van der Waals surface area contributed by atoms with Crippen LogP contribution in [0, 0.1) is 5.82 Å². The Labute approximate surface area is 136 Å². The van der Waals surface area contributed by atoms with Gasteiger partial charge >= 0.3 is 0 Å². The SMILES string of the molecule is O=C(NCC(O)c1ccc(Cl)cc1)c1cc2cc(F)ccc2[nH]1. The Hall–Kier alpha value is -2.37. The summed E-state index contributed by atoms with van der Waals surface area (Å²) in [5.41, 5.74) is 1.65. The van der Waals surface area contributed by atoms with Crippen LogP contribution in [0.15, 0.2) is 48.5 Å². The molecule has 0 saturated carbocycles. The molecule has 3 aromatic rings. The van der Waals surface area contributed by atoms with Gasteiger partial charge in [-0.05, 0) is 42.0 Å². The lowest BCUT2D eigenvalue weighted by molar-refractivity contribution is 0.0912. The number of aromatic amines is 1. The summed E-state index contributed by atoms with van der Waals surface area (Å²) in [4.78, 5) is 15.0. The maximum Gasteiger partial charge on any atom is 0.267 e. The van der Waals surface area contributed by atoms with Gasteiger partial charge in [-0.3, -0.25) is 4.79 Å². The van der Waals surface area contributed by atoms with Gasteiger partial charge in [0.05, 0.1) is 6.10 Å². The monoisotopic (exact) mass is 332 g/mol. The van der Waals surface area contributed by atoms with Crippen molar-refractivity contribution in [1.82, 2.24) is 10.3 Å². The average Bonchev–Trinajstić information content (AvgIpc) is 2.96. The average molecular weight is 333 g/mol. The van der Waals surface area contributed by atoms with Crippen LogP contribution >= 0.6 is 11.6 Å². The standard InChI is InChI=1S/C17H14ClFN2O2/c18-12-3-1-10(2-4-12)16(22)9-20-17(23)15-8-11-7-13(19)5-6-14(11)21-15/h1-8,16,21-22H,9H2,(H,20,23). The van der Waals surface area contributed by atoms with Gasteiger partial charge < -0.3 is 15.4 Å². The van der Waals surface area contributed by atoms with Gasteiger partial charge in [0, 0.05) is 22.5 Å². The number of carbonyl (C=O) groups is 1. The van der Waals surface area contributed by atoms with Crippen molar-refractivity contribution in [3.05, 3.63) is 70.6 Å². The highest BCUT2D eigenvalue weighted by atomic mass is 35.5. The summed E-state index contributed by atoms with van der Waals surface area (Å²) in [6.45, 7) is 0.0597. The number of benzene rings is 2. The first-order valence-corrected chi connectivity index (χ1v) is 7.41. The first-order chi connectivity index (χ1) is 11.0. The zero-order valence-corrected chi connectivity index (χ0v) is 12.8. The number of halogens is 2. The van der Waals surface area contributed by atoms with Gasteiger partial charge in [0.1, 0.15) is 11.5 Å². The fraction of sp³-hybridized carbons (Fsp3) is 0.118. The molecule has 1 unspecified atom stereocenters. The van der Waals surface area contributed by atoms with Crippen LogP contribution < -0.4 is 5.32 Å². The van der Waals surface area contributed by atoms with Crippen molar-refractivity contribution in [3.8, 4) is 0 Å². The molecule has 0 aliphatic rings. The molecular weight excluding hydrogens is 319 g/mol. The third-order valence-electron chi connectivity index (χ3n) is 3.54. The number of hydrogen-bond donors (Lipinski definition) is 3. The number of aromatic nitrogens is 1. The molecule has 3 rings (SSSR count). The molecule has 0 fully saturated rings. The molecule has 118 valence electrons. The molecular formula is C17H14ClFN2O2. The predicted octanol–water partition coefficient (Wildman–Crippen LogP) is 3.42. The van der Waals surface area contributed by atoms with E-state index in [1.54, 1.807) is 36.4 Å². The lowest BCUT2D eigenvalue weighted by Crippen LogP contribution is -2.28. The first kappa shape index (κ1) is 15.5. The summed E-state index contributed by atoms with van der Waals surface area (Å²) in [7, 11) is 0. The van der Waals surface area contributed by atoms with Crippen LogP contribution in [0.1, 0.15) is 22.2 Å². The number of rotatable bonds is 4. The topological polar surface area (TPSA) is 65.1 Å². The minimum atomic E-state index is -0.835. The summed E-state index contributed by atoms with van der Waals surface area (Å²) in [6.07, 6.45) is -0.835. The van der Waals surface area contributed by atoms with Crippen LogP contribution in [-0.4, -0.2) is 22.5 Å². The molecule has 4 nitrogen and oxygen atoms in total. The van der Waals surface area contributed by atoms with Crippen molar-refractivity contribution in [2.45, 2.75) is 6.10 Å². The van der Waals surface area contributed by atoms with Crippen LogP contribution in [0.3, 0.4) is 0 Å². The summed E-state index contributed by atoms with van der Waals surface area (Å²) >= 11 is 5.79. The molecule has 0 radical (unpaired) electrons. The summed E-state index contributed by atoms with van der Waals surface area (Å²) < 4.78 is 13.2. The largest absolute Gasteiger partial charge is 0.387 e. The molecule has 0 bridgehead atoms. The number of nitrogens with one attached hydrogen (secondary N) is 2. The van der Waals surface area contributed by atoms with Crippen molar-refractivity contribution >= 4 is 28.4 Å². The molecule has 0 saturated heterocycles. The normalized spacial score (nSPS) is 12.3. The Morgan fingerprint density at radius 3 is 2.70 bits per heavy atom. The zero-order valence-electron chi connectivity index (χ0n) is 12.0. The summed E-state index contributed by atoms with van der Waals surface area (Å²) in [5, 5.41) is 13.9. The molecule has 2 aromatic carbocycles. The second-order valence-electron chi connectivity index (χ2n) is 5.19. The fourth-order valence-corrected chi connectivity index (χ4v) is 2.44. The van der Waals surface area contributed by atoms with Crippen molar-refractivity contribution < 1.29 is 14.3 Å². The van der Waals surface area contributed by atoms with Crippen LogP contribution in [0.4, 0.5) is 4.39 Å². The van der Waals surface area contributed by atoms with Crippen LogP contribution in [0.5, 0.6) is 0 Å². The number of aliphatic hydroxyl groups is 1. The van der Waals surface area contributed by atoms with E-state index in [1.165, 1.54) is 12.1 Å². The van der Waals surface area contributed by atoms with E-state index in [-0.39, 0.29) is 18.3 Å². The van der Waals surface area contributed by atoms with E-state index in [0.717, 1.165) is 0 Å². The van der Waals surface area contributed by atoms with E-state index in [0.29, 0.717) is 27.2 Å². The van der Waals surface area contributed by atoms with E-state index in [2.05, 4.69) is 10.3 Å². The molecule has 1 aromatic heterocycles. The highest BCUT2D eigenvalue weighted by molar-refractivity contribution is 6.30. The second kappa shape index (κ2) is 6.40. The highest BCUT2D eigenvalue weighted by Gasteiger charge is 2.13. The van der Waals surface area contributed by atoms with Crippen LogP contribution in [-0.2, 0) is 0 Å². The van der Waals surface area contributed by atoms with E-state index >= 15 is 0 Å². The number of fused-ring (bicyclic) bond motifs is 1. The number of carbonyl (C=O) groups excluding carboxylic acids is 1. The Bertz CT molecular complexity index is 845. The number of H-pyrrole nitrogens is 1. The third kappa shape index (κ3) is 3.52. The Morgan fingerprint density at radius 1 is 1.22 bits per heavy atom. The maximum atomic E-state index is 13.2. The van der Waals surface area contributed by atoms with Crippen molar-refractivity contribution in [2.24, 2.45) is 0 Å². The van der Waals surface area contributed by atoms with Gasteiger partial charge in [0.25, 0.3) is 5.91 Å². The van der Waals surface area contributed by atoms with E-state index in [1.807, 2.05) is 0 Å². The Morgan fingerprint density at radius 2 is 1.96 bits per heavy atom.